The number of aromatic nitrogens is 2. The maximum Gasteiger partial charge on any atom is 0.227 e. The Hall–Kier alpha value is -2.66. The van der Waals surface area contributed by atoms with E-state index in [1.54, 1.807) is 18.0 Å². The fourth-order valence-electron chi connectivity index (χ4n) is 2.85. The number of aryl methyl sites for hydroxylation is 2. The van der Waals surface area contributed by atoms with Crippen molar-refractivity contribution < 1.29 is 0 Å². The molecule has 2 aromatic carbocycles. The molecule has 0 radical (unpaired) electrons. The third-order valence-corrected chi connectivity index (χ3v) is 5.42. The summed E-state index contributed by atoms with van der Waals surface area (Å²) in [6.07, 6.45) is 1.78. The molecule has 1 aromatic heterocycles. The predicted octanol–water partition coefficient (Wildman–Crippen LogP) is 5.00. The molecule has 0 bridgehead atoms. The standard InChI is InChI=1S/C21H20N4S/c1-14-6-7-17(12-15(14)2)16-4-3-5-18(13-16)24-21-23-9-8-19(25-21)20-22-10-11-26-20/h3-9,12-13H,10-11H2,1-2H3,(H,23,24,25). The maximum absolute atomic E-state index is 4.60. The second-order valence-electron chi connectivity index (χ2n) is 6.31. The van der Waals surface area contributed by atoms with Crippen LogP contribution in [0.4, 0.5) is 11.6 Å². The van der Waals surface area contributed by atoms with E-state index in [-0.39, 0.29) is 0 Å². The normalized spacial score (nSPS) is 13.5. The molecule has 0 saturated carbocycles. The van der Waals surface area contributed by atoms with E-state index in [9.17, 15) is 0 Å². The van der Waals surface area contributed by atoms with E-state index >= 15 is 0 Å². The second-order valence-corrected chi connectivity index (χ2v) is 7.39. The molecule has 0 unspecified atom stereocenters. The summed E-state index contributed by atoms with van der Waals surface area (Å²) < 4.78 is 0. The third-order valence-electron chi connectivity index (χ3n) is 4.42. The summed E-state index contributed by atoms with van der Waals surface area (Å²) in [6.45, 7) is 5.14. The fourth-order valence-corrected chi connectivity index (χ4v) is 3.67. The van der Waals surface area contributed by atoms with E-state index in [0.717, 1.165) is 28.7 Å². The monoisotopic (exact) mass is 360 g/mol. The van der Waals surface area contributed by atoms with Gasteiger partial charge in [0.05, 0.1) is 0 Å². The van der Waals surface area contributed by atoms with Crippen molar-refractivity contribution in [3.05, 3.63) is 71.5 Å². The first-order valence-electron chi connectivity index (χ1n) is 8.64. The van der Waals surface area contributed by atoms with Gasteiger partial charge in [0.1, 0.15) is 10.7 Å². The summed E-state index contributed by atoms with van der Waals surface area (Å²) >= 11 is 1.74. The molecule has 1 aliphatic rings. The molecule has 0 amide bonds. The van der Waals surface area contributed by atoms with Crippen molar-refractivity contribution in [2.24, 2.45) is 4.99 Å². The van der Waals surface area contributed by atoms with E-state index in [1.165, 1.54) is 22.3 Å². The average Bonchev–Trinajstić information content (AvgIpc) is 3.19. The van der Waals surface area contributed by atoms with Gasteiger partial charge in [-0.15, -0.1) is 11.8 Å². The van der Waals surface area contributed by atoms with E-state index < -0.39 is 0 Å². The molecule has 1 aliphatic heterocycles. The fraction of sp³-hybridized carbons (Fsp3) is 0.190. The number of rotatable bonds is 4. The molecule has 26 heavy (non-hydrogen) atoms. The number of nitrogens with one attached hydrogen (secondary N) is 1. The van der Waals surface area contributed by atoms with Gasteiger partial charge in [-0.1, -0.05) is 30.3 Å². The summed E-state index contributed by atoms with van der Waals surface area (Å²) in [4.78, 5) is 13.4. The molecule has 0 fully saturated rings. The number of hydrogen-bond acceptors (Lipinski definition) is 5. The van der Waals surface area contributed by atoms with Crippen LogP contribution in [-0.4, -0.2) is 27.3 Å². The van der Waals surface area contributed by atoms with Crippen molar-refractivity contribution in [2.75, 3.05) is 17.6 Å². The lowest BCUT2D eigenvalue weighted by Gasteiger charge is -2.10. The lowest BCUT2D eigenvalue weighted by molar-refractivity contribution is 1.14. The number of aliphatic imine (C=N–C) groups is 1. The molecule has 0 atom stereocenters. The Bertz CT molecular complexity index is 981. The zero-order valence-corrected chi connectivity index (χ0v) is 15.7. The van der Waals surface area contributed by atoms with Gasteiger partial charge in [-0.2, -0.15) is 0 Å². The number of thioether (sulfide) groups is 1. The molecule has 1 N–H and O–H groups in total. The van der Waals surface area contributed by atoms with Crippen LogP contribution in [0.15, 0.2) is 59.7 Å². The average molecular weight is 360 g/mol. The molecule has 0 aliphatic carbocycles. The number of benzene rings is 2. The maximum atomic E-state index is 4.60. The summed E-state index contributed by atoms with van der Waals surface area (Å²) in [5, 5.41) is 4.32. The number of anilines is 2. The summed E-state index contributed by atoms with van der Waals surface area (Å²) in [5.74, 6) is 1.62. The minimum atomic E-state index is 0.593. The van der Waals surface area contributed by atoms with Gasteiger partial charge in [0.15, 0.2) is 0 Å². The Morgan fingerprint density at radius 3 is 2.65 bits per heavy atom. The topological polar surface area (TPSA) is 50.2 Å². The smallest absolute Gasteiger partial charge is 0.227 e. The van der Waals surface area contributed by atoms with Gasteiger partial charge in [0.2, 0.25) is 5.95 Å². The van der Waals surface area contributed by atoms with Crippen LogP contribution in [-0.2, 0) is 0 Å². The summed E-state index contributed by atoms with van der Waals surface area (Å²) in [5.41, 5.74) is 6.84. The first-order chi connectivity index (χ1) is 12.7. The third kappa shape index (κ3) is 3.63. The van der Waals surface area contributed by atoms with Gasteiger partial charge in [-0.3, -0.25) is 4.99 Å². The zero-order chi connectivity index (χ0) is 17.9. The highest BCUT2D eigenvalue weighted by atomic mass is 32.2. The minimum Gasteiger partial charge on any atom is -0.324 e. The molecule has 0 spiro atoms. The largest absolute Gasteiger partial charge is 0.324 e. The SMILES string of the molecule is Cc1ccc(-c2cccc(Nc3nccc(C4=NCCS4)n3)c2)cc1C. The van der Waals surface area contributed by atoms with Gasteiger partial charge in [-0.25, -0.2) is 9.97 Å². The van der Waals surface area contributed by atoms with Crippen molar-refractivity contribution in [1.29, 1.82) is 0 Å². The van der Waals surface area contributed by atoms with Crippen molar-refractivity contribution in [2.45, 2.75) is 13.8 Å². The van der Waals surface area contributed by atoms with Gasteiger partial charge in [0.25, 0.3) is 0 Å². The molecular formula is C21H20N4S. The van der Waals surface area contributed by atoms with Crippen molar-refractivity contribution >= 4 is 28.4 Å². The number of nitrogens with zero attached hydrogens (tertiary/aromatic N) is 3. The van der Waals surface area contributed by atoms with Crippen LogP contribution in [0.5, 0.6) is 0 Å². The Labute approximate surface area is 157 Å². The Balaban J connectivity index is 1.59. The van der Waals surface area contributed by atoms with Crippen LogP contribution in [0.1, 0.15) is 16.8 Å². The van der Waals surface area contributed by atoms with Crippen LogP contribution in [0.2, 0.25) is 0 Å². The second kappa shape index (κ2) is 7.30. The highest BCUT2D eigenvalue weighted by Crippen LogP contribution is 2.26. The summed E-state index contributed by atoms with van der Waals surface area (Å²) in [7, 11) is 0. The molecule has 5 heteroatoms. The van der Waals surface area contributed by atoms with E-state index in [4.69, 9.17) is 0 Å². The van der Waals surface area contributed by atoms with Gasteiger partial charge in [0, 0.05) is 24.2 Å². The van der Waals surface area contributed by atoms with Crippen LogP contribution in [0.3, 0.4) is 0 Å². The first kappa shape index (κ1) is 16.8. The summed E-state index contributed by atoms with van der Waals surface area (Å²) in [6, 6.07) is 16.8. The molecular weight excluding hydrogens is 340 g/mol. The van der Waals surface area contributed by atoms with Crippen molar-refractivity contribution in [3.63, 3.8) is 0 Å². The molecule has 0 saturated heterocycles. The quantitative estimate of drug-likeness (QED) is 0.711. The Morgan fingerprint density at radius 1 is 0.962 bits per heavy atom. The lowest BCUT2D eigenvalue weighted by Crippen LogP contribution is -2.02. The molecule has 130 valence electrons. The van der Waals surface area contributed by atoms with E-state index in [0.29, 0.717) is 5.95 Å². The van der Waals surface area contributed by atoms with E-state index in [1.807, 2.05) is 18.2 Å². The van der Waals surface area contributed by atoms with Crippen molar-refractivity contribution in [3.8, 4) is 11.1 Å². The Morgan fingerprint density at radius 2 is 1.85 bits per heavy atom. The lowest BCUT2D eigenvalue weighted by atomic mass is 10.0. The van der Waals surface area contributed by atoms with Crippen LogP contribution < -0.4 is 5.32 Å². The molecule has 2 heterocycles. The van der Waals surface area contributed by atoms with Gasteiger partial charge < -0.3 is 5.32 Å². The number of hydrogen-bond donors (Lipinski definition) is 1. The minimum absolute atomic E-state index is 0.593. The first-order valence-corrected chi connectivity index (χ1v) is 9.63. The van der Waals surface area contributed by atoms with Crippen molar-refractivity contribution in [1.82, 2.24) is 9.97 Å². The highest BCUT2D eigenvalue weighted by Gasteiger charge is 2.12. The van der Waals surface area contributed by atoms with Crippen LogP contribution in [0.25, 0.3) is 11.1 Å². The molecule has 3 aromatic rings. The van der Waals surface area contributed by atoms with E-state index in [2.05, 4.69) is 64.5 Å². The van der Waals surface area contributed by atoms with Gasteiger partial charge in [-0.05, 0) is 54.3 Å². The zero-order valence-electron chi connectivity index (χ0n) is 14.9. The predicted molar refractivity (Wildman–Crippen MR) is 111 cm³/mol. The van der Waals surface area contributed by atoms with Gasteiger partial charge >= 0.3 is 0 Å². The highest BCUT2D eigenvalue weighted by molar-refractivity contribution is 8.14. The van der Waals surface area contributed by atoms with Crippen LogP contribution in [0, 0.1) is 13.8 Å². The van der Waals surface area contributed by atoms with Crippen LogP contribution >= 0.6 is 11.8 Å². The molecule has 4 rings (SSSR count). The Kier molecular flexibility index (Phi) is 4.71. The molecule has 4 nitrogen and oxygen atoms in total.